The van der Waals surface area contributed by atoms with Gasteiger partial charge in [-0.25, -0.2) is 0 Å². The van der Waals surface area contributed by atoms with Gasteiger partial charge in [0, 0.05) is 51.6 Å². The Labute approximate surface area is 103 Å². The monoisotopic (exact) mass is 238 g/mol. The van der Waals surface area contributed by atoms with Crippen LogP contribution in [0.1, 0.15) is 26.2 Å². The maximum atomic E-state index is 11.8. The Morgan fingerprint density at radius 3 is 2.59 bits per heavy atom. The summed E-state index contributed by atoms with van der Waals surface area (Å²) in [6.45, 7) is 6.06. The number of amides is 1. The van der Waals surface area contributed by atoms with Gasteiger partial charge in [-0.2, -0.15) is 5.26 Å². The number of hydrogen-bond acceptors (Lipinski definition) is 4. The van der Waals surface area contributed by atoms with E-state index in [1.807, 2.05) is 11.8 Å². The SMILES string of the molecule is CC(N)CCC(=O)N1CCN(CCC#N)CC1. The van der Waals surface area contributed by atoms with E-state index in [4.69, 9.17) is 11.0 Å². The van der Waals surface area contributed by atoms with Crippen LogP contribution >= 0.6 is 0 Å². The Morgan fingerprint density at radius 2 is 2.06 bits per heavy atom. The summed E-state index contributed by atoms with van der Waals surface area (Å²) in [6.07, 6.45) is 1.88. The van der Waals surface area contributed by atoms with Gasteiger partial charge in [-0.1, -0.05) is 0 Å². The largest absolute Gasteiger partial charge is 0.340 e. The summed E-state index contributed by atoms with van der Waals surface area (Å²) in [7, 11) is 0. The van der Waals surface area contributed by atoms with Crippen molar-refractivity contribution in [3.63, 3.8) is 0 Å². The molecule has 1 heterocycles. The summed E-state index contributed by atoms with van der Waals surface area (Å²) in [6, 6.07) is 2.24. The molecule has 1 atom stereocenters. The standard InChI is InChI=1S/C12H22N4O/c1-11(14)3-4-12(17)16-9-7-15(8-10-16)6-2-5-13/h11H,2-4,6-10,14H2,1H3. The van der Waals surface area contributed by atoms with Crippen molar-refractivity contribution in [3.05, 3.63) is 0 Å². The van der Waals surface area contributed by atoms with Gasteiger partial charge in [-0.3, -0.25) is 9.69 Å². The minimum Gasteiger partial charge on any atom is -0.340 e. The zero-order valence-corrected chi connectivity index (χ0v) is 10.6. The fraction of sp³-hybridized carbons (Fsp3) is 0.833. The Morgan fingerprint density at radius 1 is 1.41 bits per heavy atom. The highest BCUT2D eigenvalue weighted by molar-refractivity contribution is 5.76. The molecule has 0 aliphatic carbocycles. The van der Waals surface area contributed by atoms with E-state index < -0.39 is 0 Å². The third kappa shape index (κ3) is 5.16. The van der Waals surface area contributed by atoms with Gasteiger partial charge in [0.2, 0.25) is 5.91 Å². The molecule has 5 heteroatoms. The average Bonchev–Trinajstić information content (AvgIpc) is 2.34. The molecule has 17 heavy (non-hydrogen) atoms. The van der Waals surface area contributed by atoms with E-state index in [-0.39, 0.29) is 11.9 Å². The predicted molar refractivity (Wildman–Crippen MR) is 66.1 cm³/mol. The van der Waals surface area contributed by atoms with Crippen LogP contribution in [-0.4, -0.2) is 54.5 Å². The molecule has 0 saturated carbocycles. The average molecular weight is 238 g/mol. The smallest absolute Gasteiger partial charge is 0.222 e. The van der Waals surface area contributed by atoms with Crippen molar-refractivity contribution in [2.24, 2.45) is 5.73 Å². The Hall–Kier alpha value is -1.12. The maximum absolute atomic E-state index is 11.8. The van der Waals surface area contributed by atoms with Crippen LogP contribution in [0.15, 0.2) is 0 Å². The van der Waals surface area contributed by atoms with Gasteiger partial charge in [0.05, 0.1) is 6.07 Å². The van der Waals surface area contributed by atoms with Crippen LogP contribution in [0.2, 0.25) is 0 Å². The van der Waals surface area contributed by atoms with Gasteiger partial charge in [0.25, 0.3) is 0 Å². The third-order valence-electron chi connectivity index (χ3n) is 3.08. The van der Waals surface area contributed by atoms with Gasteiger partial charge >= 0.3 is 0 Å². The molecule has 0 aromatic heterocycles. The summed E-state index contributed by atoms with van der Waals surface area (Å²) in [5, 5.41) is 8.51. The number of hydrogen-bond donors (Lipinski definition) is 1. The first-order valence-electron chi connectivity index (χ1n) is 6.26. The number of carbonyl (C=O) groups is 1. The van der Waals surface area contributed by atoms with E-state index in [1.54, 1.807) is 0 Å². The lowest BCUT2D eigenvalue weighted by atomic mass is 10.1. The third-order valence-corrected chi connectivity index (χ3v) is 3.08. The van der Waals surface area contributed by atoms with Crippen LogP contribution in [0.5, 0.6) is 0 Å². The fourth-order valence-corrected chi connectivity index (χ4v) is 1.94. The molecule has 1 unspecified atom stereocenters. The van der Waals surface area contributed by atoms with Crippen molar-refractivity contribution in [3.8, 4) is 6.07 Å². The number of nitrogens with zero attached hydrogens (tertiary/aromatic N) is 3. The van der Waals surface area contributed by atoms with Crippen molar-refractivity contribution >= 4 is 5.91 Å². The molecule has 1 amide bonds. The molecule has 1 aliphatic heterocycles. The first kappa shape index (κ1) is 13.9. The molecule has 2 N–H and O–H groups in total. The van der Waals surface area contributed by atoms with Crippen molar-refractivity contribution in [2.75, 3.05) is 32.7 Å². The number of rotatable bonds is 5. The van der Waals surface area contributed by atoms with Crippen LogP contribution in [0.3, 0.4) is 0 Å². The Kier molecular flexibility index (Phi) is 5.95. The second-order valence-corrected chi connectivity index (χ2v) is 4.65. The number of nitriles is 1. The molecule has 0 radical (unpaired) electrons. The minimum absolute atomic E-state index is 0.0934. The summed E-state index contributed by atoms with van der Waals surface area (Å²) in [5.41, 5.74) is 5.64. The molecule has 1 saturated heterocycles. The van der Waals surface area contributed by atoms with Gasteiger partial charge in [0.15, 0.2) is 0 Å². The molecule has 1 aliphatic rings. The van der Waals surface area contributed by atoms with Crippen LogP contribution in [0.4, 0.5) is 0 Å². The normalized spacial score (nSPS) is 18.8. The zero-order chi connectivity index (χ0) is 12.7. The second kappa shape index (κ2) is 7.25. The van der Waals surface area contributed by atoms with Crippen LogP contribution < -0.4 is 5.73 Å². The number of carbonyl (C=O) groups excluding carboxylic acids is 1. The van der Waals surface area contributed by atoms with Crippen LogP contribution in [-0.2, 0) is 4.79 Å². The summed E-state index contributed by atoms with van der Waals surface area (Å²) >= 11 is 0. The molecular weight excluding hydrogens is 216 g/mol. The highest BCUT2D eigenvalue weighted by Crippen LogP contribution is 2.06. The molecule has 1 rings (SSSR count). The topological polar surface area (TPSA) is 73.4 Å². The quantitative estimate of drug-likeness (QED) is 0.741. The van der Waals surface area contributed by atoms with Crippen molar-refractivity contribution in [1.29, 1.82) is 5.26 Å². The van der Waals surface area contributed by atoms with Gasteiger partial charge in [0.1, 0.15) is 0 Å². The first-order chi connectivity index (χ1) is 8.13. The minimum atomic E-state index is 0.0934. The summed E-state index contributed by atoms with van der Waals surface area (Å²) < 4.78 is 0. The fourth-order valence-electron chi connectivity index (χ4n) is 1.94. The lowest BCUT2D eigenvalue weighted by molar-refractivity contribution is -0.133. The molecule has 0 aromatic carbocycles. The summed E-state index contributed by atoms with van der Waals surface area (Å²) in [4.78, 5) is 16.0. The Bertz CT molecular complexity index is 277. The van der Waals surface area contributed by atoms with E-state index in [2.05, 4.69) is 11.0 Å². The van der Waals surface area contributed by atoms with Gasteiger partial charge in [-0.15, -0.1) is 0 Å². The van der Waals surface area contributed by atoms with Crippen LogP contribution in [0.25, 0.3) is 0 Å². The van der Waals surface area contributed by atoms with E-state index in [0.29, 0.717) is 12.8 Å². The van der Waals surface area contributed by atoms with Gasteiger partial charge in [-0.05, 0) is 13.3 Å². The zero-order valence-electron chi connectivity index (χ0n) is 10.6. The van der Waals surface area contributed by atoms with E-state index in [0.717, 1.165) is 39.1 Å². The van der Waals surface area contributed by atoms with E-state index in [9.17, 15) is 4.79 Å². The van der Waals surface area contributed by atoms with Crippen LogP contribution in [0, 0.1) is 11.3 Å². The highest BCUT2D eigenvalue weighted by atomic mass is 16.2. The Balaban J connectivity index is 2.22. The van der Waals surface area contributed by atoms with Gasteiger partial charge < -0.3 is 10.6 Å². The molecule has 5 nitrogen and oxygen atoms in total. The molecule has 96 valence electrons. The second-order valence-electron chi connectivity index (χ2n) is 4.65. The lowest BCUT2D eigenvalue weighted by Crippen LogP contribution is -2.48. The van der Waals surface area contributed by atoms with Crippen molar-refractivity contribution < 1.29 is 4.79 Å². The predicted octanol–water partition coefficient (Wildman–Crippen LogP) is 0.172. The van der Waals surface area contributed by atoms with E-state index in [1.165, 1.54) is 0 Å². The van der Waals surface area contributed by atoms with Crippen molar-refractivity contribution in [1.82, 2.24) is 9.80 Å². The first-order valence-corrected chi connectivity index (χ1v) is 6.26. The number of piperazine rings is 1. The molecule has 0 bridgehead atoms. The maximum Gasteiger partial charge on any atom is 0.222 e. The molecular formula is C12H22N4O. The molecule has 0 spiro atoms. The van der Waals surface area contributed by atoms with E-state index >= 15 is 0 Å². The highest BCUT2D eigenvalue weighted by Gasteiger charge is 2.20. The summed E-state index contributed by atoms with van der Waals surface area (Å²) in [5.74, 6) is 0.210. The lowest BCUT2D eigenvalue weighted by Gasteiger charge is -2.34. The molecule has 0 aromatic rings. The number of nitrogens with two attached hydrogens (primary N) is 1. The van der Waals surface area contributed by atoms with Crippen molar-refractivity contribution in [2.45, 2.75) is 32.2 Å². The molecule has 1 fully saturated rings.